The molecule has 0 saturated carbocycles. The number of benzene rings is 2. The van der Waals surface area contributed by atoms with Crippen molar-refractivity contribution in [3.05, 3.63) is 70.5 Å². The number of halogens is 2. The van der Waals surface area contributed by atoms with Gasteiger partial charge in [0.25, 0.3) is 5.91 Å². The first-order chi connectivity index (χ1) is 11.1. The number of nitrogens with zero attached hydrogens (tertiary/aromatic N) is 2. The van der Waals surface area contributed by atoms with Gasteiger partial charge < -0.3 is 0 Å². The Kier molecular flexibility index (Phi) is 4.98. The summed E-state index contributed by atoms with van der Waals surface area (Å²) in [5.74, 6) is 0.0647. The zero-order valence-corrected chi connectivity index (χ0v) is 13.8. The van der Waals surface area contributed by atoms with Crippen molar-refractivity contribution in [2.45, 2.75) is 5.75 Å². The van der Waals surface area contributed by atoms with Crippen LogP contribution in [0.2, 0.25) is 5.02 Å². The van der Waals surface area contributed by atoms with Crippen LogP contribution in [0.5, 0.6) is 0 Å². The van der Waals surface area contributed by atoms with Gasteiger partial charge in [-0.3, -0.25) is 14.7 Å². The Labute approximate surface area is 143 Å². The monoisotopic (exact) mass is 348 g/mol. The first kappa shape index (κ1) is 16.0. The molecule has 118 valence electrons. The van der Waals surface area contributed by atoms with Crippen molar-refractivity contribution < 1.29 is 9.18 Å². The zero-order chi connectivity index (χ0) is 16.2. The molecule has 1 aliphatic rings. The zero-order valence-electron chi connectivity index (χ0n) is 12.2. The quantitative estimate of drug-likeness (QED) is 0.831. The van der Waals surface area contributed by atoms with Crippen molar-refractivity contribution in [2.24, 2.45) is 4.99 Å². The Morgan fingerprint density at radius 1 is 1.26 bits per heavy atom. The van der Waals surface area contributed by atoms with Gasteiger partial charge >= 0.3 is 0 Å². The van der Waals surface area contributed by atoms with Crippen LogP contribution in [0.15, 0.2) is 53.5 Å². The Bertz CT molecular complexity index is 749. The Balaban J connectivity index is 1.67. The van der Waals surface area contributed by atoms with Gasteiger partial charge in [-0.05, 0) is 35.9 Å². The van der Waals surface area contributed by atoms with Gasteiger partial charge in [-0.15, -0.1) is 0 Å². The molecule has 0 radical (unpaired) electrons. The molecular weight excluding hydrogens is 335 g/mol. The maximum absolute atomic E-state index is 13.3. The Morgan fingerprint density at radius 3 is 2.78 bits per heavy atom. The van der Waals surface area contributed by atoms with E-state index < -0.39 is 5.82 Å². The summed E-state index contributed by atoms with van der Waals surface area (Å²) in [7, 11) is 0. The van der Waals surface area contributed by atoms with E-state index in [1.807, 2.05) is 24.3 Å². The fraction of sp³-hybridized carbons (Fsp3) is 0.176. The SMILES string of the molecule is O=C(c1cccc(F)c1)N1CCN=C1SCc1ccc(Cl)cc1. The molecule has 2 aromatic rings. The van der Waals surface area contributed by atoms with Gasteiger partial charge in [0.05, 0.1) is 6.54 Å². The van der Waals surface area contributed by atoms with E-state index in [-0.39, 0.29) is 5.91 Å². The largest absolute Gasteiger partial charge is 0.286 e. The van der Waals surface area contributed by atoms with E-state index in [1.165, 1.54) is 30.0 Å². The molecule has 2 aromatic carbocycles. The fourth-order valence-corrected chi connectivity index (χ4v) is 3.37. The summed E-state index contributed by atoms with van der Waals surface area (Å²) in [5, 5.41) is 1.37. The summed E-state index contributed by atoms with van der Waals surface area (Å²) in [5.41, 5.74) is 1.44. The molecule has 6 heteroatoms. The summed E-state index contributed by atoms with van der Waals surface area (Å²) in [6.07, 6.45) is 0. The van der Waals surface area contributed by atoms with E-state index in [1.54, 1.807) is 11.0 Å². The molecular formula is C17H14ClFN2OS. The molecule has 23 heavy (non-hydrogen) atoms. The fourth-order valence-electron chi connectivity index (χ4n) is 2.24. The van der Waals surface area contributed by atoms with Gasteiger partial charge in [0.1, 0.15) is 5.82 Å². The molecule has 0 aliphatic carbocycles. The predicted molar refractivity (Wildman–Crippen MR) is 92.5 cm³/mol. The van der Waals surface area contributed by atoms with Gasteiger partial charge in [-0.1, -0.05) is 41.6 Å². The standard InChI is InChI=1S/C17H14ClFN2OS/c18-14-6-4-12(5-7-14)11-23-17-20-8-9-21(17)16(22)13-2-1-3-15(19)10-13/h1-7,10H,8-9,11H2. The topological polar surface area (TPSA) is 32.7 Å². The molecule has 0 bridgehead atoms. The van der Waals surface area contributed by atoms with Gasteiger partial charge in [0.2, 0.25) is 0 Å². The van der Waals surface area contributed by atoms with E-state index in [4.69, 9.17) is 11.6 Å². The summed E-state index contributed by atoms with van der Waals surface area (Å²) < 4.78 is 13.3. The minimum Gasteiger partial charge on any atom is -0.286 e. The van der Waals surface area contributed by atoms with E-state index >= 15 is 0 Å². The normalized spacial score (nSPS) is 14.0. The summed E-state index contributed by atoms with van der Waals surface area (Å²) in [6.45, 7) is 1.10. The lowest BCUT2D eigenvalue weighted by Crippen LogP contribution is -2.32. The van der Waals surface area contributed by atoms with Gasteiger partial charge in [-0.25, -0.2) is 4.39 Å². The number of rotatable bonds is 3. The van der Waals surface area contributed by atoms with E-state index in [0.29, 0.717) is 34.6 Å². The second-order valence-corrected chi connectivity index (χ2v) is 6.43. The maximum Gasteiger partial charge on any atom is 0.259 e. The minimum atomic E-state index is -0.414. The molecule has 1 heterocycles. The van der Waals surface area contributed by atoms with Crippen LogP contribution in [0.1, 0.15) is 15.9 Å². The molecule has 0 N–H and O–H groups in total. The third-order valence-corrected chi connectivity index (χ3v) is 4.74. The minimum absolute atomic E-state index is 0.218. The summed E-state index contributed by atoms with van der Waals surface area (Å²) in [6, 6.07) is 13.3. The van der Waals surface area contributed by atoms with Crippen molar-refractivity contribution in [3.8, 4) is 0 Å². The predicted octanol–water partition coefficient (Wildman–Crippen LogP) is 4.22. The Morgan fingerprint density at radius 2 is 2.04 bits per heavy atom. The number of hydrogen-bond donors (Lipinski definition) is 0. The van der Waals surface area contributed by atoms with E-state index in [2.05, 4.69) is 4.99 Å². The maximum atomic E-state index is 13.3. The van der Waals surface area contributed by atoms with Crippen LogP contribution in [0.4, 0.5) is 4.39 Å². The first-order valence-electron chi connectivity index (χ1n) is 7.12. The molecule has 0 spiro atoms. The highest BCUT2D eigenvalue weighted by Gasteiger charge is 2.25. The van der Waals surface area contributed by atoms with Gasteiger partial charge in [0, 0.05) is 22.9 Å². The first-order valence-corrected chi connectivity index (χ1v) is 8.49. The highest BCUT2D eigenvalue weighted by molar-refractivity contribution is 8.13. The van der Waals surface area contributed by atoms with Crippen LogP contribution >= 0.6 is 23.4 Å². The van der Waals surface area contributed by atoms with Crippen molar-refractivity contribution in [2.75, 3.05) is 13.1 Å². The number of thioether (sulfide) groups is 1. The number of carbonyl (C=O) groups excluding carboxylic acids is 1. The molecule has 0 unspecified atom stereocenters. The van der Waals surface area contributed by atoms with Crippen LogP contribution in [0.3, 0.4) is 0 Å². The molecule has 1 aliphatic heterocycles. The lowest BCUT2D eigenvalue weighted by atomic mass is 10.2. The second kappa shape index (κ2) is 7.15. The molecule has 3 nitrogen and oxygen atoms in total. The molecule has 0 fully saturated rings. The number of amides is 1. The van der Waals surface area contributed by atoms with Gasteiger partial charge in [0.15, 0.2) is 5.17 Å². The number of hydrogen-bond acceptors (Lipinski definition) is 3. The highest BCUT2D eigenvalue weighted by Crippen LogP contribution is 2.22. The molecule has 0 saturated heterocycles. The Hall–Kier alpha value is -1.85. The average molecular weight is 349 g/mol. The number of carbonyl (C=O) groups is 1. The highest BCUT2D eigenvalue weighted by atomic mass is 35.5. The van der Waals surface area contributed by atoms with Crippen LogP contribution in [0, 0.1) is 5.82 Å². The van der Waals surface area contributed by atoms with Crippen molar-refractivity contribution in [1.29, 1.82) is 0 Å². The third-order valence-electron chi connectivity index (χ3n) is 3.40. The van der Waals surface area contributed by atoms with Crippen LogP contribution in [-0.2, 0) is 5.75 Å². The summed E-state index contributed by atoms with van der Waals surface area (Å²) >= 11 is 7.37. The van der Waals surface area contributed by atoms with Crippen LogP contribution < -0.4 is 0 Å². The summed E-state index contributed by atoms with van der Waals surface area (Å²) in [4.78, 5) is 18.5. The van der Waals surface area contributed by atoms with Gasteiger partial charge in [-0.2, -0.15) is 0 Å². The second-order valence-electron chi connectivity index (χ2n) is 5.05. The van der Waals surface area contributed by atoms with Crippen molar-refractivity contribution in [3.63, 3.8) is 0 Å². The molecule has 0 atom stereocenters. The number of amidine groups is 1. The van der Waals surface area contributed by atoms with E-state index in [9.17, 15) is 9.18 Å². The van der Waals surface area contributed by atoms with Crippen molar-refractivity contribution in [1.82, 2.24) is 4.90 Å². The lowest BCUT2D eigenvalue weighted by molar-refractivity contribution is 0.0860. The third kappa shape index (κ3) is 3.92. The smallest absolute Gasteiger partial charge is 0.259 e. The number of aliphatic imine (C=N–C) groups is 1. The molecule has 1 amide bonds. The van der Waals surface area contributed by atoms with E-state index in [0.717, 1.165) is 5.56 Å². The molecule has 0 aromatic heterocycles. The van der Waals surface area contributed by atoms with Crippen molar-refractivity contribution >= 4 is 34.4 Å². The lowest BCUT2D eigenvalue weighted by Gasteiger charge is -2.18. The van der Waals surface area contributed by atoms with Crippen LogP contribution in [0.25, 0.3) is 0 Å². The average Bonchev–Trinajstić information content (AvgIpc) is 3.02. The van der Waals surface area contributed by atoms with Crippen LogP contribution in [-0.4, -0.2) is 29.1 Å². The molecule has 3 rings (SSSR count).